The smallest absolute Gasteiger partial charge is 0.330 e. The lowest BCUT2D eigenvalue weighted by Crippen LogP contribution is -2.60. The molecule has 7 heterocycles. The minimum Gasteiger partial charge on any atom is -0.571 e. The fourth-order valence-corrected chi connectivity index (χ4v) is 12.9. The first-order valence-electron chi connectivity index (χ1n) is 35.2. The summed E-state index contributed by atoms with van der Waals surface area (Å²) in [6.07, 6.45) is -46.2. The number of phenols is 6. The van der Waals surface area contributed by atoms with Crippen LogP contribution in [-0.2, 0) is 57.0 Å². The van der Waals surface area contributed by atoms with E-state index in [1.54, 1.807) is 0 Å². The first-order chi connectivity index (χ1) is 54.7. The van der Waals surface area contributed by atoms with Crippen molar-refractivity contribution in [1.29, 1.82) is 0 Å². The van der Waals surface area contributed by atoms with Crippen LogP contribution in [0.15, 0.2) is 106 Å². The molecule has 624 valence electrons. The summed E-state index contributed by atoms with van der Waals surface area (Å²) in [5.74, 6) is -10.1. The van der Waals surface area contributed by atoms with E-state index in [1.807, 2.05) is 0 Å². The van der Waals surface area contributed by atoms with Crippen LogP contribution in [0, 0.1) is 0 Å². The average molecular weight is 1630 g/mol. The monoisotopic (exact) mass is 1630 g/mol. The summed E-state index contributed by atoms with van der Waals surface area (Å²) in [5.41, 5.74) is -1.48. The second-order valence-corrected chi connectivity index (χ2v) is 27.2. The second-order valence-electron chi connectivity index (χ2n) is 27.2. The number of carbonyl (C=O) groups excluding carboxylic acids is 3. The number of benzene rings is 5. The van der Waals surface area contributed by atoms with Crippen molar-refractivity contribution in [2.24, 2.45) is 0 Å². The van der Waals surface area contributed by atoms with Crippen molar-refractivity contribution in [3.05, 3.63) is 124 Å². The van der Waals surface area contributed by atoms with Crippen molar-refractivity contribution in [3.8, 4) is 74.6 Å². The standard InChI is InChI=1S/C73H80O42/c74-20-40-50(85)56(91)61(96)70(110-40)106-31-16-34(78)48-38(18-31)108-67(68(55(48)90)115-73-65(100)57(92)51(86)41(21-75)111-73)26-4-8-29(9-5-26)104-69-62(97)58(93)52(87)42(112-69)22-102-46(82)11-12-47(83)103-23-43-53(88)59(94)63(98)71(113-43)105-30-15-33(77)32-19-39(66(107-37(32)17-30)27-13-35(79)49(84)36(80)14-27)109-72-64(99)60(95)54(89)44(114-72)24-101-45(81)10-3-25-1-6-28(76)7-2-25/h1-10,13-19,40-44,50-54,56-66,69-80,84-89,91-100H,11-12,20-24H2/p+1/b10-3+/t40-,41+,42+,43+,44+,50+,51+,52+,53+,54+,56-,57-,58-,59-,60-,61-,62+,63+,64+,65+,66?,69+,70+,71+,72+,73-/m0/s1. The SMILES string of the molecule is O=C(/C=C/c1ccc(O)cc1)OC[C@H]1O[C@@H](OC2=Cc3c(O)cc(O[C@@H]4O[C@H](COC(=O)CCC(=O)OC[C@H]5O[C@@H](Oc6ccc(-c7oc8cc(O[C@@H]9O[C@@H](CO)[C@@H](O)[C@H](O)[C@@H]9O)cc(O)c8c(=O)c7O[C@@H]7O[C@H](CO)[C@@H](O)[C@H](O)[C@H]7O)cc6)[C@H](O)[C@@H](O)[C@@H]5O)[C@@H](O)[C@H](O)[C@H]4O)cc3[OH+]C2c2cc(O)c(O)c(O)c2)[C@H](O)[C@@H](O)[C@@H]1O. The van der Waals surface area contributed by atoms with Gasteiger partial charge in [0.15, 0.2) is 28.8 Å². The van der Waals surface area contributed by atoms with Gasteiger partial charge in [-0.3, -0.25) is 14.4 Å². The predicted molar refractivity (Wildman–Crippen MR) is 372 cm³/mol. The van der Waals surface area contributed by atoms with Crippen molar-refractivity contribution >= 4 is 41.0 Å². The highest BCUT2D eigenvalue weighted by molar-refractivity contribution is 5.89. The van der Waals surface area contributed by atoms with Crippen LogP contribution in [0.25, 0.3) is 34.4 Å². The molecule has 42 heteroatoms. The van der Waals surface area contributed by atoms with Gasteiger partial charge in [0.25, 0.3) is 11.9 Å². The van der Waals surface area contributed by atoms with E-state index in [4.69, 9.17) is 66.0 Å². The normalized spacial score (nSPS) is 32.7. The molecule has 115 heavy (non-hydrogen) atoms. The van der Waals surface area contributed by atoms with E-state index in [-0.39, 0.29) is 51.2 Å². The Morgan fingerprint density at radius 3 is 1.35 bits per heavy atom. The van der Waals surface area contributed by atoms with Crippen LogP contribution in [0.2, 0.25) is 0 Å². The Balaban J connectivity index is 0.664. The maximum absolute atomic E-state index is 14.4. The van der Waals surface area contributed by atoms with Gasteiger partial charge in [0.2, 0.25) is 42.6 Å². The van der Waals surface area contributed by atoms with Crippen molar-refractivity contribution in [2.45, 2.75) is 172 Å². The fourth-order valence-electron chi connectivity index (χ4n) is 12.9. The van der Waals surface area contributed by atoms with Crippen LogP contribution in [0.3, 0.4) is 0 Å². The van der Waals surface area contributed by atoms with Crippen molar-refractivity contribution < 1.29 is 203 Å². The molecule has 6 aromatic rings. The van der Waals surface area contributed by atoms with E-state index >= 15 is 0 Å². The molecule has 5 aromatic carbocycles. The second kappa shape index (κ2) is 35.6. The maximum Gasteiger partial charge on any atom is 0.330 e. The molecule has 0 saturated carbocycles. The Morgan fingerprint density at radius 2 is 0.861 bits per heavy atom. The number of phenolic OH excluding ortho intramolecular Hbond substituents is 6. The Bertz CT molecular complexity index is 4530. The number of ether oxygens (including phenoxy) is 14. The number of aliphatic hydroxyl groups excluding tert-OH is 17. The zero-order valence-electron chi connectivity index (χ0n) is 59.4. The molecule has 1 aromatic heterocycles. The van der Waals surface area contributed by atoms with Crippen LogP contribution in [-0.4, -0.2) is 327 Å². The van der Waals surface area contributed by atoms with Crippen LogP contribution in [0.4, 0.5) is 0 Å². The van der Waals surface area contributed by atoms with Crippen molar-refractivity contribution in [3.63, 3.8) is 0 Å². The number of aliphatic hydroxyl groups is 18. The lowest BCUT2D eigenvalue weighted by atomic mass is 9.98. The first-order valence-corrected chi connectivity index (χ1v) is 35.2. The quantitative estimate of drug-likeness (QED) is 0.00835. The van der Waals surface area contributed by atoms with Crippen LogP contribution >= 0.6 is 0 Å². The summed E-state index contributed by atoms with van der Waals surface area (Å²) >= 11 is 0. The third kappa shape index (κ3) is 18.3. The van der Waals surface area contributed by atoms with E-state index in [2.05, 4.69) is 4.74 Å². The summed E-state index contributed by atoms with van der Waals surface area (Å²) in [7, 11) is 0. The van der Waals surface area contributed by atoms with Crippen LogP contribution < -0.4 is 24.4 Å². The number of aromatic hydroxyl groups is 7. The molecule has 5 saturated heterocycles. The van der Waals surface area contributed by atoms with Gasteiger partial charge in [-0.2, -0.15) is 0 Å². The summed E-state index contributed by atoms with van der Waals surface area (Å²) in [6, 6.07) is 16.5. The first kappa shape index (κ1) is 84.3. The van der Waals surface area contributed by atoms with Gasteiger partial charge < -0.3 is 188 Å². The summed E-state index contributed by atoms with van der Waals surface area (Å²) in [4.78, 5) is 53.2. The maximum atomic E-state index is 14.4. The lowest BCUT2D eigenvalue weighted by molar-refractivity contribution is -0.296. The van der Waals surface area contributed by atoms with Gasteiger partial charge >= 0.3 is 17.9 Å². The van der Waals surface area contributed by atoms with Gasteiger partial charge in [-0.1, -0.05) is 12.1 Å². The summed E-state index contributed by atoms with van der Waals surface area (Å²) in [6.45, 7) is -4.14. The molecule has 42 nitrogen and oxygen atoms in total. The molecule has 0 aliphatic carbocycles. The molecule has 6 aliphatic rings. The Morgan fingerprint density at radius 1 is 0.435 bits per heavy atom. The van der Waals surface area contributed by atoms with Gasteiger partial charge in [0.05, 0.1) is 37.7 Å². The van der Waals surface area contributed by atoms with Gasteiger partial charge in [-0.05, 0) is 60.2 Å². The van der Waals surface area contributed by atoms with Gasteiger partial charge in [-0.25, -0.2) is 4.79 Å². The number of rotatable bonds is 25. The third-order valence-corrected chi connectivity index (χ3v) is 19.4. The topological polar surface area (TPSA) is 680 Å². The molecule has 5 fully saturated rings. The molecule has 12 rings (SSSR count). The molecule has 0 amide bonds. The molecule has 0 radical (unpaired) electrons. The highest BCUT2D eigenvalue weighted by atomic mass is 16.7. The Hall–Kier alpha value is -10.1. The van der Waals surface area contributed by atoms with Crippen LogP contribution in [0.5, 0.6) is 63.2 Å². The van der Waals surface area contributed by atoms with Gasteiger partial charge in [0.1, 0.15) is 193 Å². The minimum absolute atomic E-state index is 0.0209. The molecular formula is C73H81O42+. The number of hydrogen-bond acceptors (Lipinski definition) is 41. The fraction of sp³-hybridized carbons (Fsp3) is 0.452. The van der Waals surface area contributed by atoms with E-state index < -0.39 is 280 Å². The Kier molecular flexibility index (Phi) is 26.1. The van der Waals surface area contributed by atoms with E-state index in [0.29, 0.717) is 5.56 Å². The zero-order valence-corrected chi connectivity index (χ0v) is 59.4. The molecule has 0 bridgehead atoms. The molecular weight excluding hydrogens is 1550 g/mol. The van der Waals surface area contributed by atoms with Crippen molar-refractivity contribution in [2.75, 3.05) is 33.0 Å². The van der Waals surface area contributed by atoms with Crippen LogP contribution in [0.1, 0.15) is 35.6 Å². The lowest BCUT2D eigenvalue weighted by Gasteiger charge is -2.40. The summed E-state index contributed by atoms with van der Waals surface area (Å²) < 4.78 is 83.5. The van der Waals surface area contributed by atoms with E-state index in [1.165, 1.54) is 54.6 Å². The average Bonchev–Trinajstić information content (AvgIpc) is 0.750. The van der Waals surface area contributed by atoms with Gasteiger partial charge in [-0.15, -0.1) is 0 Å². The minimum atomic E-state index is -2.08. The zero-order chi connectivity index (χ0) is 82.9. The number of esters is 3. The number of fused-ring (bicyclic) bond motifs is 2. The molecule has 24 N–H and O–H groups in total. The van der Waals surface area contributed by atoms with Crippen molar-refractivity contribution in [1.82, 2.24) is 0 Å². The Labute approximate surface area is 645 Å². The van der Waals surface area contributed by atoms with Gasteiger partial charge in [0, 0.05) is 35.9 Å². The molecule has 26 atom stereocenters. The highest BCUT2D eigenvalue weighted by Crippen LogP contribution is 2.49. The molecule has 6 aliphatic heterocycles. The summed E-state index contributed by atoms with van der Waals surface area (Å²) in [5, 5.41) is 244. The molecule has 1 unspecified atom stereocenters. The number of carbonyl (C=O) groups is 3. The largest absolute Gasteiger partial charge is 0.571 e. The number of hydrogen-bond donors (Lipinski definition) is 23. The van der Waals surface area contributed by atoms with E-state index in [0.717, 1.165) is 48.6 Å². The highest BCUT2D eigenvalue weighted by Gasteiger charge is 2.52. The predicted octanol–water partition coefficient (Wildman–Crippen LogP) is -5.59. The van der Waals surface area contributed by atoms with E-state index in [9.17, 15) is 137 Å². The molecule has 0 spiro atoms. The third-order valence-electron chi connectivity index (χ3n) is 19.4.